The highest BCUT2D eigenvalue weighted by atomic mass is 35.5. The minimum absolute atomic E-state index is 0.00744. The van der Waals surface area contributed by atoms with E-state index in [0.29, 0.717) is 22.4 Å². The molecule has 1 aromatic heterocycles. The standard InChI is InChI=1S/C30H27ClN6O8S2/c1-43-20-9-4-16(5-10-20)14-45-29(40)25-19(8-7-18-6-3-17(13-31)11-22(18)37(41)42)15-46-28-21(27(39)36(25)28)12-23(38)24(34-44-2)26-33-30(32)47-35-26/h3-11,21,28H,12-15H2,1-2H3,(H2,32,33,35)/b8-7+,34-24+. The number of anilines is 1. The maximum atomic E-state index is 13.6. The number of ether oxygens (including phenoxy) is 2. The Bertz CT molecular complexity index is 1810. The van der Waals surface area contributed by atoms with E-state index >= 15 is 0 Å². The number of aromatic nitrogens is 2. The normalized spacial score (nSPS) is 17.7. The van der Waals surface area contributed by atoms with E-state index in [-0.39, 0.29) is 58.3 Å². The van der Waals surface area contributed by atoms with Crippen molar-refractivity contribution in [3.63, 3.8) is 0 Å². The number of ketones is 1. The molecule has 2 atom stereocenters. The first-order valence-electron chi connectivity index (χ1n) is 13.9. The molecule has 0 radical (unpaired) electrons. The van der Waals surface area contributed by atoms with Gasteiger partial charge in [0.2, 0.25) is 11.7 Å². The molecule has 14 nitrogen and oxygen atoms in total. The van der Waals surface area contributed by atoms with Crippen LogP contribution < -0.4 is 10.5 Å². The van der Waals surface area contributed by atoms with Gasteiger partial charge in [-0.1, -0.05) is 29.4 Å². The molecule has 1 fully saturated rings. The summed E-state index contributed by atoms with van der Waals surface area (Å²) in [5.74, 6) is -1.58. The predicted molar refractivity (Wildman–Crippen MR) is 176 cm³/mol. The molecule has 0 spiro atoms. The van der Waals surface area contributed by atoms with E-state index in [9.17, 15) is 24.5 Å². The molecule has 1 saturated heterocycles. The summed E-state index contributed by atoms with van der Waals surface area (Å²) in [4.78, 5) is 61.8. The van der Waals surface area contributed by atoms with Crippen LogP contribution in [0, 0.1) is 16.0 Å². The zero-order valence-corrected chi connectivity index (χ0v) is 27.3. The Kier molecular flexibility index (Phi) is 10.5. The molecule has 3 aromatic rings. The lowest BCUT2D eigenvalue weighted by Crippen LogP contribution is -2.62. The SMILES string of the molecule is CO/N=C(\C(=O)CC1C(=O)N2C(C(=O)OCc3ccc(OC)cc3)=C(/C=C/c3ccc(CCl)cc3[N+](=O)[O-])CSC12)c1nsc(N)n1. The van der Waals surface area contributed by atoms with Crippen LogP contribution in [-0.2, 0) is 36.4 Å². The maximum Gasteiger partial charge on any atom is 0.355 e. The van der Waals surface area contributed by atoms with Crippen molar-refractivity contribution in [1.82, 2.24) is 14.3 Å². The van der Waals surface area contributed by atoms with Crippen molar-refractivity contribution in [2.24, 2.45) is 11.1 Å². The van der Waals surface area contributed by atoms with Gasteiger partial charge in [0.15, 0.2) is 16.6 Å². The highest BCUT2D eigenvalue weighted by Crippen LogP contribution is 2.46. The van der Waals surface area contributed by atoms with E-state index in [4.69, 9.17) is 31.6 Å². The topological polar surface area (TPSA) is 189 Å². The molecule has 47 heavy (non-hydrogen) atoms. The minimum atomic E-state index is -0.787. The van der Waals surface area contributed by atoms with Crippen molar-refractivity contribution in [3.05, 3.63) is 92.4 Å². The van der Waals surface area contributed by atoms with E-state index in [0.717, 1.165) is 11.5 Å². The fraction of sp³-hybridized carbons (Fsp3) is 0.267. The number of allylic oxidation sites excluding steroid dienone is 1. The summed E-state index contributed by atoms with van der Waals surface area (Å²) in [6.45, 7) is -0.0863. The molecule has 3 heterocycles. The number of rotatable bonds is 13. The van der Waals surface area contributed by atoms with E-state index in [1.54, 1.807) is 42.5 Å². The molecule has 0 bridgehead atoms. The molecular weight excluding hydrogens is 672 g/mol. The molecular formula is C30H27ClN6O8S2. The molecule has 2 N–H and O–H groups in total. The second-order valence-electron chi connectivity index (χ2n) is 10.1. The first-order valence-corrected chi connectivity index (χ1v) is 16.2. The predicted octanol–water partition coefficient (Wildman–Crippen LogP) is 4.33. The molecule has 2 aliphatic rings. The molecule has 2 aliphatic heterocycles. The number of β-lactam (4-membered cyclic amide) rings is 1. The summed E-state index contributed by atoms with van der Waals surface area (Å²) in [5.41, 5.74) is 7.30. The monoisotopic (exact) mass is 698 g/mol. The number of hydrogen-bond donors (Lipinski definition) is 1. The van der Waals surface area contributed by atoms with E-state index in [2.05, 4.69) is 14.5 Å². The summed E-state index contributed by atoms with van der Waals surface area (Å²) >= 11 is 8.09. The van der Waals surface area contributed by atoms with Crippen molar-refractivity contribution in [2.45, 2.75) is 24.3 Å². The number of nitrogen functional groups attached to an aromatic ring is 1. The summed E-state index contributed by atoms with van der Waals surface area (Å²) in [6, 6.07) is 11.5. The number of nitrogens with two attached hydrogens (primary N) is 1. The number of carbonyl (C=O) groups is 3. The smallest absolute Gasteiger partial charge is 0.355 e. The van der Waals surface area contributed by atoms with Crippen LogP contribution in [0.25, 0.3) is 6.08 Å². The minimum Gasteiger partial charge on any atom is -0.497 e. The number of carbonyl (C=O) groups excluding carboxylic acids is 3. The summed E-state index contributed by atoms with van der Waals surface area (Å²) in [7, 11) is 2.80. The molecule has 17 heteroatoms. The lowest BCUT2D eigenvalue weighted by Gasteiger charge is -2.49. The number of alkyl halides is 1. The van der Waals surface area contributed by atoms with Gasteiger partial charge < -0.3 is 20.0 Å². The Labute approximate surface area is 281 Å². The van der Waals surface area contributed by atoms with Crippen LogP contribution >= 0.6 is 34.9 Å². The van der Waals surface area contributed by atoms with Crippen LogP contribution in [0.1, 0.15) is 28.9 Å². The largest absolute Gasteiger partial charge is 0.497 e. The molecule has 2 unspecified atom stereocenters. The summed E-state index contributed by atoms with van der Waals surface area (Å²) in [6.07, 6.45) is 2.82. The second-order valence-corrected chi connectivity index (χ2v) is 12.3. The summed E-state index contributed by atoms with van der Waals surface area (Å²) < 4.78 is 14.8. The van der Waals surface area contributed by atoms with Crippen molar-refractivity contribution in [3.8, 4) is 5.75 Å². The van der Waals surface area contributed by atoms with Gasteiger partial charge in [0.25, 0.3) is 5.69 Å². The number of oxime groups is 1. The Morgan fingerprint density at radius 1 is 1.19 bits per heavy atom. The first kappa shape index (κ1) is 33.6. The number of benzene rings is 2. The maximum absolute atomic E-state index is 13.6. The molecule has 5 rings (SSSR count). The first-order chi connectivity index (χ1) is 22.6. The number of fused-ring (bicyclic) bond motifs is 1. The quantitative estimate of drug-likeness (QED) is 0.0665. The number of Topliss-reactive ketones (excluding diaryl/α,β-unsaturated/α-hetero) is 1. The third kappa shape index (κ3) is 7.29. The van der Waals surface area contributed by atoms with Crippen LogP contribution in [-0.4, -0.2) is 67.9 Å². The number of thioether (sulfide) groups is 1. The van der Waals surface area contributed by atoms with E-state index in [1.807, 2.05) is 0 Å². The third-order valence-electron chi connectivity index (χ3n) is 7.25. The van der Waals surface area contributed by atoms with Crippen molar-refractivity contribution in [1.29, 1.82) is 0 Å². The number of nitrogens with zero attached hydrogens (tertiary/aromatic N) is 5. The second kappa shape index (κ2) is 14.7. The zero-order valence-electron chi connectivity index (χ0n) is 25.0. The molecule has 2 aromatic carbocycles. The average Bonchev–Trinajstić information content (AvgIpc) is 3.52. The Morgan fingerprint density at radius 2 is 1.94 bits per heavy atom. The van der Waals surface area contributed by atoms with Gasteiger partial charge in [0.1, 0.15) is 25.2 Å². The van der Waals surface area contributed by atoms with Crippen molar-refractivity contribution in [2.75, 3.05) is 25.7 Å². The van der Waals surface area contributed by atoms with Gasteiger partial charge in [-0.3, -0.25) is 24.6 Å². The Balaban J connectivity index is 1.43. The lowest BCUT2D eigenvalue weighted by atomic mass is 9.89. The highest BCUT2D eigenvalue weighted by molar-refractivity contribution is 8.00. The van der Waals surface area contributed by atoms with Crippen LogP contribution in [0.3, 0.4) is 0 Å². The molecule has 0 saturated carbocycles. The fourth-order valence-electron chi connectivity index (χ4n) is 4.93. The van der Waals surface area contributed by atoms with E-state index in [1.165, 1.54) is 43.0 Å². The summed E-state index contributed by atoms with van der Waals surface area (Å²) in [5, 5.41) is 15.1. The van der Waals surface area contributed by atoms with Crippen LogP contribution in [0.5, 0.6) is 5.75 Å². The molecule has 244 valence electrons. The lowest BCUT2D eigenvalue weighted by molar-refractivity contribution is -0.385. The van der Waals surface area contributed by atoms with Gasteiger partial charge in [-0.25, -0.2) is 4.79 Å². The molecule has 1 amide bonds. The number of nitro groups is 1. The number of hydrogen-bond acceptors (Lipinski definition) is 14. The third-order valence-corrected chi connectivity index (χ3v) is 9.46. The number of methoxy groups -OCH3 is 1. The van der Waals surface area contributed by atoms with Crippen molar-refractivity contribution < 1.29 is 33.6 Å². The van der Waals surface area contributed by atoms with Gasteiger partial charge in [-0.2, -0.15) is 9.36 Å². The number of halogens is 1. The van der Waals surface area contributed by atoms with Crippen molar-refractivity contribution >= 4 is 75.2 Å². The van der Waals surface area contributed by atoms with Gasteiger partial charge in [-0.05, 0) is 41.0 Å². The average molecular weight is 699 g/mol. The van der Waals surface area contributed by atoms with Gasteiger partial charge in [0, 0.05) is 35.7 Å². The van der Waals surface area contributed by atoms with Crippen LogP contribution in [0.4, 0.5) is 10.8 Å². The Morgan fingerprint density at radius 3 is 2.57 bits per heavy atom. The van der Waals surface area contributed by atoms with Gasteiger partial charge in [-0.15, -0.1) is 23.4 Å². The fourth-order valence-corrected chi connectivity index (χ4v) is 6.92. The van der Waals surface area contributed by atoms with E-state index < -0.39 is 33.9 Å². The highest BCUT2D eigenvalue weighted by Gasteiger charge is 2.54. The number of nitro benzene ring substituents is 1. The number of esters is 1. The van der Waals surface area contributed by atoms with Crippen LogP contribution in [0.15, 0.2) is 65.0 Å². The zero-order chi connectivity index (χ0) is 33.7. The van der Waals surface area contributed by atoms with Gasteiger partial charge >= 0.3 is 5.97 Å². The molecule has 0 aliphatic carbocycles. The number of amides is 1. The Hall–Kier alpha value is -4.80. The van der Waals surface area contributed by atoms with Gasteiger partial charge in [0.05, 0.1) is 28.9 Å². The van der Waals surface area contributed by atoms with Crippen LogP contribution in [0.2, 0.25) is 0 Å².